The lowest BCUT2D eigenvalue weighted by molar-refractivity contribution is -0.137. The fourth-order valence-electron chi connectivity index (χ4n) is 2.50. The molecule has 0 saturated heterocycles. The first-order valence-corrected chi connectivity index (χ1v) is 8.26. The van der Waals surface area contributed by atoms with Crippen LogP contribution in [-0.4, -0.2) is 28.1 Å². The summed E-state index contributed by atoms with van der Waals surface area (Å²) in [6.45, 7) is 3.88. The number of rotatable bonds is 10. The Hall–Kier alpha value is -2.04. The molecule has 1 unspecified atom stereocenters. The van der Waals surface area contributed by atoms with E-state index in [0.29, 0.717) is 12.0 Å². The molecule has 1 aromatic carbocycles. The van der Waals surface area contributed by atoms with Crippen molar-refractivity contribution in [2.45, 2.75) is 64.8 Å². The van der Waals surface area contributed by atoms with E-state index in [0.717, 1.165) is 37.7 Å². The van der Waals surface area contributed by atoms with E-state index in [1.54, 1.807) is 18.2 Å². The monoisotopic (exact) mass is 321 g/mol. The Bertz CT molecular complexity index is 528. The van der Waals surface area contributed by atoms with E-state index in [-0.39, 0.29) is 24.1 Å². The fraction of sp³-hybridized carbons (Fsp3) is 0.556. The lowest BCUT2D eigenvalue weighted by atomic mass is 10.0. The highest BCUT2D eigenvalue weighted by atomic mass is 16.4. The number of carboxylic acids is 1. The number of aromatic hydroxyl groups is 1. The predicted molar refractivity (Wildman–Crippen MR) is 89.7 cm³/mol. The minimum atomic E-state index is -0.749. The average Bonchev–Trinajstić information content (AvgIpc) is 2.48. The number of unbranched alkanes of at least 4 members (excludes halogenated alkanes) is 3. The highest BCUT2D eigenvalue weighted by Gasteiger charge is 2.15. The van der Waals surface area contributed by atoms with Gasteiger partial charge in [-0.2, -0.15) is 0 Å². The molecule has 0 saturated carbocycles. The van der Waals surface area contributed by atoms with E-state index in [9.17, 15) is 14.7 Å². The third kappa shape index (κ3) is 7.17. The van der Waals surface area contributed by atoms with Crippen LogP contribution in [0.5, 0.6) is 5.75 Å². The Morgan fingerprint density at radius 3 is 2.48 bits per heavy atom. The zero-order valence-corrected chi connectivity index (χ0v) is 14.0. The van der Waals surface area contributed by atoms with Gasteiger partial charge in [0.1, 0.15) is 5.75 Å². The molecule has 1 rings (SSSR count). The number of carbonyl (C=O) groups excluding carboxylic acids is 1. The van der Waals surface area contributed by atoms with Crippen LogP contribution in [0.25, 0.3) is 0 Å². The van der Waals surface area contributed by atoms with Crippen LogP contribution in [0.15, 0.2) is 18.2 Å². The van der Waals surface area contributed by atoms with Gasteiger partial charge in [0.05, 0.1) is 5.56 Å². The van der Waals surface area contributed by atoms with Crippen LogP contribution < -0.4 is 5.32 Å². The standard InChI is InChI=1S/C18H27NO4/c1-3-14(8-6-4-5-7-9-17(21)22)19-18(23)15-11-10-13(2)12-16(15)20/h10-12,14,20H,3-9H2,1-2H3,(H,19,23)(H,21,22). The third-order valence-corrected chi connectivity index (χ3v) is 3.92. The van der Waals surface area contributed by atoms with E-state index < -0.39 is 5.97 Å². The summed E-state index contributed by atoms with van der Waals surface area (Å²) in [4.78, 5) is 22.6. The zero-order valence-electron chi connectivity index (χ0n) is 14.0. The Balaban J connectivity index is 2.37. The summed E-state index contributed by atoms with van der Waals surface area (Å²) < 4.78 is 0. The Labute approximate surface area is 137 Å². The van der Waals surface area contributed by atoms with Crippen LogP contribution in [0.4, 0.5) is 0 Å². The van der Waals surface area contributed by atoms with E-state index in [1.165, 1.54) is 0 Å². The SMILES string of the molecule is CCC(CCCCCCC(=O)O)NC(=O)c1ccc(C)cc1O. The first-order chi connectivity index (χ1) is 10.9. The molecule has 1 aromatic rings. The van der Waals surface area contributed by atoms with Crippen molar-refractivity contribution >= 4 is 11.9 Å². The number of aryl methyl sites for hydroxylation is 1. The highest BCUT2D eigenvalue weighted by Crippen LogP contribution is 2.19. The summed E-state index contributed by atoms with van der Waals surface area (Å²) in [6.07, 6.45) is 5.44. The number of phenols is 1. The molecule has 5 nitrogen and oxygen atoms in total. The van der Waals surface area contributed by atoms with Gasteiger partial charge in [-0.15, -0.1) is 0 Å². The van der Waals surface area contributed by atoms with Gasteiger partial charge in [-0.1, -0.05) is 32.3 Å². The number of aliphatic carboxylic acids is 1. The van der Waals surface area contributed by atoms with Crippen LogP contribution in [-0.2, 0) is 4.79 Å². The number of benzene rings is 1. The smallest absolute Gasteiger partial charge is 0.303 e. The van der Waals surface area contributed by atoms with Gasteiger partial charge >= 0.3 is 5.97 Å². The second-order valence-electron chi connectivity index (χ2n) is 5.95. The molecule has 0 spiro atoms. The normalized spacial score (nSPS) is 11.9. The quantitative estimate of drug-likeness (QED) is 0.574. The highest BCUT2D eigenvalue weighted by molar-refractivity contribution is 5.97. The van der Waals surface area contributed by atoms with Crippen molar-refractivity contribution < 1.29 is 19.8 Å². The van der Waals surface area contributed by atoms with Gasteiger partial charge in [-0.05, 0) is 43.9 Å². The minimum absolute atomic E-state index is 0.00558. The summed E-state index contributed by atoms with van der Waals surface area (Å²) in [6, 6.07) is 5.09. The number of carboxylic acid groups (broad SMARTS) is 1. The molecular weight excluding hydrogens is 294 g/mol. The number of nitrogens with one attached hydrogen (secondary N) is 1. The second-order valence-corrected chi connectivity index (χ2v) is 5.95. The first-order valence-electron chi connectivity index (χ1n) is 8.26. The van der Waals surface area contributed by atoms with Gasteiger partial charge in [0.25, 0.3) is 5.91 Å². The van der Waals surface area contributed by atoms with E-state index in [2.05, 4.69) is 5.32 Å². The fourth-order valence-corrected chi connectivity index (χ4v) is 2.50. The molecule has 23 heavy (non-hydrogen) atoms. The number of hydrogen-bond acceptors (Lipinski definition) is 3. The van der Waals surface area contributed by atoms with Gasteiger partial charge in [0, 0.05) is 12.5 Å². The van der Waals surface area contributed by atoms with E-state index >= 15 is 0 Å². The maximum absolute atomic E-state index is 12.2. The van der Waals surface area contributed by atoms with Crippen molar-refractivity contribution in [1.82, 2.24) is 5.32 Å². The summed E-state index contributed by atoms with van der Waals surface area (Å²) in [5, 5.41) is 21.4. The van der Waals surface area contributed by atoms with Crippen molar-refractivity contribution in [1.29, 1.82) is 0 Å². The first kappa shape index (κ1) is 19.0. The molecule has 1 amide bonds. The molecule has 0 heterocycles. The van der Waals surface area contributed by atoms with Gasteiger partial charge in [-0.25, -0.2) is 0 Å². The summed E-state index contributed by atoms with van der Waals surface area (Å²) in [7, 11) is 0. The Morgan fingerprint density at radius 2 is 1.87 bits per heavy atom. The molecular formula is C18H27NO4. The number of carbonyl (C=O) groups is 2. The lowest BCUT2D eigenvalue weighted by Gasteiger charge is -2.17. The maximum Gasteiger partial charge on any atom is 0.303 e. The van der Waals surface area contributed by atoms with Crippen LogP contribution in [0.2, 0.25) is 0 Å². The van der Waals surface area contributed by atoms with Crippen molar-refractivity contribution in [3.05, 3.63) is 29.3 Å². The summed E-state index contributed by atoms with van der Waals surface area (Å²) >= 11 is 0. The minimum Gasteiger partial charge on any atom is -0.507 e. The van der Waals surface area contributed by atoms with Gasteiger partial charge in [0.15, 0.2) is 0 Å². The molecule has 0 aliphatic carbocycles. The van der Waals surface area contributed by atoms with Crippen LogP contribution >= 0.6 is 0 Å². The molecule has 1 atom stereocenters. The molecule has 0 fully saturated rings. The third-order valence-electron chi connectivity index (χ3n) is 3.92. The molecule has 0 aliphatic rings. The lowest BCUT2D eigenvalue weighted by Crippen LogP contribution is -2.34. The molecule has 0 aromatic heterocycles. The summed E-state index contributed by atoms with van der Waals surface area (Å²) in [5.41, 5.74) is 1.21. The van der Waals surface area contributed by atoms with E-state index in [4.69, 9.17) is 5.11 Å². The van der Waals surface area contributed by atoms with Crippen molar-refractivity contribution in [2.24, 2.45) is 0 Å². The number of hydrogen-bond donors (Lipinski definition) is 3. The largest absolute Gasteiger partial charge is 0.507 e. The van der Waals surface area contributed by atoms with Gasteiger partial charge in [-0.3, -0.25) is 9.59 Å². The van der Waals surface area contributed by atoms with E-state index in [1.807, 2.05) is 13.8 Å². The second kappa shape index (κ2) is 9.87. The van der Waals surface area contributed by atoms with Crippen molar-refractivity contribution in [3.8, 4) is 5.75 Å². The average molecular weight is 321 g/mol. The van der Waals surface area contributed by atoms with Crippen molar-refractivity contribution in [3.63, 3.8) is 0 Å². The zero-order chi connectivity index (χ0) is 17.2. The summed E-state index contributed by atoms with van der Waals surface area (Å²) in [5.74, 6) is -0.993. The Kier molecular flexibility index (Phi) is 8.16. The topological polar surface area (TPSA) is 86.6 Å². The molecule has 3 N–H and O–H groups in total. The van der Waals surface area contributed by atoms with Crippen molar-refractivity contribution in [2.75, 3.05) is 0 Å². The maximum atomic E-state index is 12.2. The van der Waals surface area contributed by atoms with Gasteiger partial charge in [0.2, 0.25) is 0 Å². The number of phenolic OH excluding ortho intramolecular Hbond substituents is 1. The molecule has 0 aliphatic heterocycles. The van der Waals surface area contributed by atoms with Crippen LogP contribution in [0, 0.1) is 6.92 Å². The molecule has 5 heteroatoms. The van der Waals surface area contributed by atoms with Crippen LogP contribution in [0.1, 0.15) is 67.8 Å². The Morgan fingerprint density at radius 1 is 1.17 bits per heavy atom. The number of amides is 1. The molecule has 0 radical (unpaired) electrons. The van der Waals surface area contributed by atoms with Crippen LogP contribution in [0.3, 0.4) is 0 Å². The predicted octanol–water partition coefficient (Wildman–Crippen LogP) is 3.63. The molecule has 0 bridgehead atoms. The molecule has 128 valence electrons. The van der Waals surface area contributed by atoms with Gasteiger partial charge < -0.3 is 15.5 Å².